The molecular formula is C17H18F2N2. The summed E-state index contributed by atoms with van der Waals surface area (Å²) in [6, 6.07) is 12.8. The molecule has 0 radical (unpaired) electrons. The van der Waals surface area contributed by atoms with Crippen molar-refractivity contribution in [1.29, 1.82) is 0 Å². The van der Waals surface area contributed by atoms with E-state index >= 15 is 0 Å². The average Bonchev–Trinajstić information content (AvgIpc) is 2.97. The van der Waals surface area contributed by atoms with Crippen molar-refractivity contribution < 1.29 is 8.78 Å². The van der Waals surface area contributed by atoms with Crippen LogP contribution in [-0.4, -0.2) is 13.1 Å². The molecule has 0 spiro atoms. The van der Waals surface area contributed by atoms with Gasteiger partial charge in [0.2, 0.25) is 0 Å². The number of halogens is 2. The fourth-order valence-electron chi connectivity index (χ4n) is 3.00. The van der Waals surface area contributed by atoms with E-state index in [-0.39, 0.29) is 12.2 Å². The molecule has 1 aliphatic heterocycles. The Balaban J connectivity index is 1.84. The lowest BCUT2D eigenvalue weighted by Crippen LogP contribution is -2.22. The molecule has 2 aromatic carbocycles. The lowest BCUT2D eigenvalue weighted by molar-refractivity contribution is 0.574. The van der Waals surface area contributed by atoms with Crippen LogP contribution in [0.5, 0.6) is 0 Å². The van der Waals surface area contributed by atoms with E-state index in [9.17, 15) is 8.78 Å². The standard InChI is InChI=1S/C17H18F2N2/c18-15-8-12(10-20)9-16(19)17(15)21-7-6-14(11-21)13-4-2-1-3-5-13/h1-5,8-9,14H,6-7,10-11,20H2. The van der Waals surface area contributed by atoms with E-state index in [0.29, 0.717) is 24.6 Å². The second-order valence-corrected chi connectivity index (χ2v) is 5.45. The zero-order valence-electron chi connectivity index (χ0n) is 11.7. The summed E-state index contributed by atoms with van der Waals surface area (Å²) >= 11 is 0. The van der Waals surface area contributed by atoms with Crippen molar-refractivity contribution in [2.75, 3.05) is 18.0 Å². The maximum Gasteiger partial charge on any atom is 0.149 e. The topological polar surface area (TPSA) is 29.3 Å². The van der Waals surface area contributed by atoms with Crippen molar-refractivity contribution in [2.45, 2.75) is 18.9 Å². The van der Waals surface area contributed by atoms with E-state index in [1.165, 1.54) is 17.7 Å². The molecule has 2 nitrogen and oxygen atoms in total. The summed E-state index contributed by atoms with van der Waals surface area (Å²) in [7, 11) is 0. The van der Waals surface area contributed by atoms with Gasteiger partial charge in [-0.25, -0.2) is 8.78 Å². The Kier molecular flexibility index (Phi) is 3.88. The molecule has 0 aromatic heterocycles. The van der Waals surface area contributed by atoms with E-state index in [0.717, 1.165) is 6.42 Å². The largest absolute Gasteiger partial charge is 0.366 e. The molecule has 1 fully saturated rings. The third kappa shape index (κ3) is 2.76. The van der Waals surface area contributed by atoms with Gasteiger partial charge in [0.25, 0.3) is 0 Å². The maximum atomic E-state index is 14.1. The van der Waals surface area contributed by atoms with Crippen LogP contribution < -0.4 is 10.6 Å². The molecule has 3 rings (SSSR count). The predicted octanol–water partition coefficient (Wildman–Crippen LogP) is 3.42. The molecule has 2 aromatic rings. The Morgan fingerprint density at radius 3 is 2.38 bits per heavy atom. The first-order valence-electron chi connectivity index (χ1n) is 7.17. The minimum absolute atomic E-state index is 0.0747. The van der Waals surface area contributed by atoms with E-state index in [2.05, 4.69) is 12.1 Å². The maximum absolute atomic E-state index is 14.1. The minimum atomic E-state index is -0.524. The normalized spacial score (nSPS) is 18.2. The monoisotopic (exact) mass is 288 g/mol. The SMILES string of the molecule is NCc1cc(F)c(N2CCC(c3ccccc3)C2)c(F)c1. The van der Waals surface area contributed by atoms with Gasteiger partial charge in [0.05, 0.1) is 0 Å². The quantitative estimate of drug-likeness (QED) is 0.937. The predicted molar refractivity (Wildman–Crippen MR) is 80.3 cm³/mol. The number of anilines is 1. The molecule has 1 unspecified atom stereocenters. The third-order valence-electron chi connectivity index (χ3n) is 4.09. The van der Waals surface area contributed by atoms with Gasteiger partial charge >= 0.3 is 0 Å². The van der Waals surface area contributed by atoms with Crippen molar-refractivity contribution in [3.8, 4) is 0 Å². The molecule has 0 aliphatic carbocycles. The van der Waals surface area contributed by atoms with Gasteiger partial charge in [-0.2, -0.15) is 0 Å². The molecule has 110 valence electrons. The summed E-state index contributed by atoms with van der Waals surface area (Å²) in [6.45, 7) is 1.44. The van der Waals surface area contributed by atoms with Crippen molar-refractivity contribution in [3.05, 3.63) is 65.2 Å². The number of hydrogen-bond acceptors (Lipinski definition) is 2. The molecular weight excluding hydrogens is 270 g/mol. The van der Waals surface area contributed by atoms with Gasteiger partial charge in [-0.05, 0) is 29.7 Å². The lowest BCUT2D eigenvalue weighted by Gasteiger charge is -2.20. The third-order valence-corrected chi connectivity index (χ3v) is 4.09. The second-order valence-electron chi connectivity index (χ2n) is 5.45. The van der Waals surface area contributed by atoms with Crippen molar-refractivity contribution in [1.82, 2.24) is 0 Å². The van der Waals surface area contributed by atoms with Crippen molar-refractivity contribution in [2.24, 2.45) is 5.73 Å². The van der Waals surface area contributed by atoms with Crippen LogP contribution in [0.2, 0.25) is 0 Å². The van der Waals surface area contributed by atoms with E-state index in [1.807, 2.05) is 18.2 Å². The lowest BCUT2D eigenvalue weighted by atomic mass is 9.99. The number of hydrogen-bond donors (Lipinski definition) is 1. The van der Waals surface area contributed by atoms with Gasteiger partial charge < -0.3 is 10.6 Å². The average molecular weight is 288 g/mol. The number of nitrogens with zero attached hydrogens (tertiary/aromatic N) is 1. The van der Waals surface area contributed by atoms with Crippen LogP contribution in [0.1, 0.15) is 23.5 Å². The van der Waals surface area contributed by atoms with Crippen LogP contribution in [0.3, 0.4) is 0 Å². The first-order chi connectivity index (χ1) is 10.2. The first kappa shape index (κ1) is 14.0. The van der Waals surface area contributed by atoms with Crippen LogP contribution in [0.25, 0.3) is 0 Å². The second kappa shape index (κ2) is 5.82. The van der Waals surface area contributed by atoms with Crippen LogP contribution in [-0.2, 0) is 6.54 Å². The smallest absolute Gasteiger partial charge is 0.149 e. The molecule has 0 saturated carbocycles. The van der Waals surface area contributed by atoms with Gasteiger partial charge in [0.1, 0.15) is 17.3 Å². The minimum Gasteiger partial charge on any atom is -0.366 e. The van der Waals surface area contributed by atoms with Gasteiger partial charge in [-0.15, -0.1) is 0 Å². The highest BCUT2D eigenvalue weighted by atomic mass is 19.1. The molecule has 0 bridgehead atoms. The van der Waals surface area contributed by atoms with E-state index < -0.39 is 11.6 Å². The fraction of sp³-hybridized carbons (Fsp3) is 0.294. The summed E-state index contributed by atoms with van der Waals surface area (Å²) in [6.07, 6.45) is 0.904. The molecule has 21 heavy (non-hydrogen) atoms. The highest BCUT2D eigenvalue weighted by Crippen LogP contribution is 2.33. The summed E-state index contributed by atoms with van der Waals surface area (Å²) in [5.74, 6) is -0.729. The molecule has 1 aliphatic rings. The summed E-state index contributed by atoms with van der Waals surface area (Å²) in [4.78, 5) is 1.79. The Hall–Kier alpha value is -1.94. The zero-order chi connectivity index (χ0) is 14.8. The Morgan fingerprint density at radius 2 is 1.76 bits per heavy atom. The summed E-state index contributed by atoms with van der Waals surface area (Å²) in [5.41, 5.74) is 7.22. The molecule has 4 heteroatoms. The van der Waals surface area contributed by atoms with Gasteiger partial charge in [-0.1, -0.05) is 30.3 Å². The Labute approximate surface area is 123 Å². The van der Waals surface area contributed by atoms with Crippen LogP contribution in [0, 0.1) is 11.6 Å². The molecule has 1 heterocycles. The van der Waals surface area contributed by atoms with Crippen LogP contribution in [0.4, 0.5) is 14.5 Å². The van der Waals surface area contributed by atoms with E-state index in [4.69, 9.17) is 5.73 Å². The highest BCUT2D eigenvalue weighted by molar-refractivity contribution is 5.52. The number of benzene rings is 2. The summed E-state index contributed by atoms with van der Waals surface area (Å²) in [5, 5.41) is 0. The Bertz CT molecular complexity index is 605. The number of rotatable bonds is 3. The van der Waals surface area contributed by atoms with Gasteiger partial charge in [0, 0.05) is 25.6 Å². The van der Waals surface area contributed by atoms with Crippen molar-refractivity contribution >= 4 is 5.69 Å². The number of nitrogens with two attached hydrogens (primary N) is 1. The van der Waals surface area contributed by atoms with Crippen molar-refractivity contribution in [3.63, 3.8) is 0 Å². The molecule has 0 amide bonds. The van der Waals surface area contributed by atoms with E-state index in [1.54, 1.807) is 4.90 Å². The van der Waals surface area contributed by atoms with Crippen LogP contribution >= 0.6 is 0 Å². The first-order valence-corrected chi connectivity index (χ1v) is 7.17. The van der Waals surface area contributed by atoms with Crippen LogP contribution in [0.15, 0.2) is 42.5 Å². The summed E-state index contributed by atoms with van der Waals surface area (Å²) < 4.78 is 28.3. The molecule has 1 saturated heterocycles. The fourth-order valence-corrected chi connectivity index (χ4v) is 3.00. The Morgan fingerprint density at radius 1 is 1.10 bits per heavy atom. The zero-order valence-corrected chi connectivity index (χ0v) is 11.7. The highest BCUT2D eigenvalue weighted by Gasteiger charge is 2.27. The molecule has 2 N–H and O–H groups in total. The van der Waals surface area contributed by atoms with Gasteiger partial charge in [-0.3, -0.25) is 0 Å². The molecule has 1 atom stereocenters. The van der Waals surface area contributed by atoms with Gasteiger partial charge in [0.15, 0.2) is 0 Å².